The Morgan fingerprint density at radius 2 is 1.68 bits per heavy atom. The molecule has 4 nitrogen and oxygen atoms in total. The summed E-state index contributed by atoms with van der Waals surface area (Å²) in [6, 6.07) is 18.0. The number of nitrogens with one attached hydrogen (secondary N) is 2. The summed E-state index contributed by atoms with van der Waals surface area (Å²) >= 11 is 0. The minimum Gasteiger partial charge on any atom is -0.395 e. The second kappa shape index (κ2) is 8.85. The van der Waals surface area contributed by atoms with Crippen LogP contribution in [0.15, 0.2) is 54.6 Å². The lowest BCUT2D eigenvalue weighted by molar-refractivity contribution is 0.245. The maximum Gasteiger partial charge on any atom is 0.319 e. The molecule has 2 rings (SSSR count). The van der Waals surface area contributed by atoms with E-state index in [0.29, 0.717) is 0 Å². The van der Waals surface area contributed by atoms with Crippen LogP contribution in [-0.2, 0) is 12.8 Å². The van der Waals surface area contributed by atoms with Crippen molar-refractivity contribution in [2.24, 2.45) is 0 Å². The van der Waals surface area contributed by atoms with Crippen molar-refractivity contribution in [2.45, 2.75) is 19.3 Å². The lowest BCUT2D eigenvalue weighted by Crippen LogP contribution is -2.30. The number of aliphatic hydroxyl groups is 1. The van der Waals surface area contributed by atoms with Gasteiger partial charge < -0.3 is 15.7 Å². The second-order valence-corrected chi connectivity index (χ2v) is 5.14. The highest BCUT2D eigenvalue weighted by molar-refractivity contribution is 5.89. The summed E-state index contributed by atoms with van der Waals surface area (Å²) in [6.45, 7) is 0.190. The van der Waals surface area contributed by atoms with Crippen LogP contribution in [0.2, 0.25) is 0 Å². The zero-order valence-electron chi connectivity index (χ0n) is 12.6. The molecular formula is C18H22N2O2. The minimum absolute atomic E-state index is 0.0626. The van der Waals surface area contributed by atoms with Crippen LogP contribution in [0.3, 0.4) is 0 Å². The van der Waals surface area contributed by atoms with Crippen molar-refractivity contribution in [3.05, 3.63) is 65.7 Å². The predicted octanol–water partition coefficient (Wildman–Crippen LogP) is 2.98. The summed E-state index contributed by atoms with van der Waals surface area (Å²) in [5.74, 6) is 0. The van der Waals surface area contributed by atoms with E-state index in [4.69, 9.17) is 5.11 Å². The number of rotatable bonds is 7. The molecule has 0 fully saturated rings. The van der Waals surface area contributed by atoms with Gasteiger partial charge in [-0.3, -0.25) is 0 Å². The highest BCUT2D eigenvalue weighted by atomic mass is 16.3. The van der Waals surface area contributed by atoms with Gasteiger partial charge in [0.15, 0.2) is 0 Å². The molecule has 0 radical (unpaired) electrons. The molecule has 4 heteroatoms. The van der Waals surface area contributed by atoms with Crippen LogP contribution < -0.4 is 10.6 Å². The summed E-state index contributed by atoms with van der Waals surface area (Å²) in [4.78, 5) is 11.5. The first-order valence-electron chi connectivity index (χ1n) is 7.56. The van der Waals surface area contributed by atoms with Crippen molar-refractivity contribution in [2.75, 3.05) is 18.5 Å². The summed E-state index contributed by atoms with van der Waals surface area (Å²) in [5.41, 5.74) is 3.32. The van der Waals surface area contributed by atoms with E-state index in [1.165, 1.54) is 11.1 Å². The van der Waals surface area contributed by atoms with E-state index in [-0.39, 0.29) is 19.2 Å². The summed E-state index contributed by atoms with van der Waals surface area (Å²) < 4.78 is 0. The van der Waals surface area contributed by atoms with E-state index in [9.17, 15) is 4.79 Å². The number of hydrogen-bond acceptors (Lipinski definition) is 2. The molecule has 0 bridgehead atoms. The molecule has 0 heterocycles. The van der Waals surface area contributed by atoms with Gasteiger partial charge in [0, 0.05) is 12.2 Å². The largest absolute Gasteiger partial charge is 0.395 e. The van der Waals surface area contributed by atoms with Gasteiger partial charge in [0.2, 0.25) is 0 Å². The molecule has 0 unspecified atom stereocenters. The van der Waals surface area contributed by atoms with Crippen LogP contribution in [-0.4, -0.2) is 24.3 Å². The summed E-state index contributed by atoms with van der Waals surface area (Å²) in [5, 5.41) is 14.0. The molecule has 3 N–H and O–H groups in total. The first kappa shape index (κ1) is 16.0. The molecule has 116 valence electrons. The Balaban J connectivity index is 1.82. The topological polar surface area (TPSA) is 61.4 Å². The predicted molar refractivity (Wildman–Crippen MR) is 89.0 cm³/mol. The molecule has 22 heavy (non-hydrogen) atoms. The van der Waals surface area contributed by atoms with E-state index < -0.39 is 0 Å². The van der Waals surface area contributed by atoms with Gasteiger partial charge in [-0.1, -0.05) is 42.5 Å². The molecule has 0 aliphatic carbocycles. The Bertz CT molecular complexity index is 585. The van der Waals surface area contributed by atoms with Crippen molar-refractivity contribution >= 4 is 11.7 Å². The number of benzene rings is 2. The lowest BCUT2D eigenvalue weighted by Gasteiger charge is -2.08. The van der Waals surface area contributed by atoms with Crippen molar-refractivity contribution < 1.29 is 9.90 Å². The van der Waals surface area contributed by atoms with Gasteiger partial charge in [-0.2, -0.15) is 0 Å². The zero-order chi connectivity index (χ0) is 15.6. The SMILES string of the molecule is O=C(NCCO)Nc1cccc(CCCc2ccccc2)c1. The number of hydrogen-bond donors (Lipinski definition) is 3. The summed E-state index contributed by atoms with van der Waals surface area (Å²) in [6.07, 6.45) is 3.10. The van der Waals surface area contributed by atoms with Gasteiger partial charge in [-0.25, -0.2) is 4.79 Å². The standard InChI is InChI=1S/C18H22N2O2/c21-13-12-19-18(22)20-17-11-5-10-16(14-17)9-4-8-15-6-2-1-3-7-15/h1-3,5-7,10-11,14,21H,4,8-9,12-13H2,(H2,19,20,22). The zero-order valence-corrected chi connectivity index (χ0v) is 12.6. The second-order valence-electron chi connectivity index (χ2n) is 5.14. The van der Waals surface area contributed by atoms with Gasteiger partial charge in [0.25, 0.3) is 0 Å². The Hall–Kier alpha value is -2.33. The van der Waals surface area contributed by atoms with Crippen LogP contribution in [0.25, 0.3) is 0 Å². The third kappa shape index (κ3) is 5.58. The fraction of sp³-hybridized carbons (Fsp3) is 0.278. The molecule has 0 aliphatic heterocycles. The monoisotopic (exact) mass is 298 g/mol. The van der Waals surface area contributed by atoms with Gasteiger partial charge in [-0.15, -0.1) is 0 Å². The third-order valence-corrected chi connectivity index (χ3v) is 3.36. The molecule has 0 saturated heterocycles. The van der Waals surface area contributed by atoms with E-state index >= 15 is 0 Å². The third-order valence-electron chi connectivity index (χ3n) is 3.36. The molecule has 2 aromatic carbocycles. The number of carbonyl (C=O) groups excluding carboxylic acids is 1. The molecule has 0 saturated carbocycles. The van der Waals surface area contributed by atoms with Crippen LogP contribution in [0.4, 0.5) is 10.5 Å². The quantitative estimate of drug-likeness (QED) is 0.736. The Labute approximate surface area is 131 Å². The molecule has 0 atom stereocenters. The van der Waals surface area contributed by atoms with Crippen molar-refractivity contribution in [1.82, 2.24) is 5.32 Å². The highest BCUT2D eigenvalue weighted by Crippen LogP contribution is 2.13. The Kier molecular flexibility index (Phi) is 6.45. The molecule has 0 aliphatic rings. The van der Waals surface area contributed by atoms with E-state index in [1.807, 2.05) is 24.3 Å². The molecule has 2 aromatic rings. The van der Waals surface area contributed by atoms with Crippen LogP contribution in [0, 0.1) is 0 Å². The fourth-order valence-electron chi connectivity index (χ4n) is 2.29. The van der Waals surface area contributed by atoms with E-state index in [0.717, 1.165) is 24.9 Å². The van der Waals surface area contributed by atoms with Crippen molar-refractivity contribution in [3.8, 4) is 0 Å². The Morgan fingerprint density at radius 1 is 0.955 bits per heavy atom. The van der Waals surface area contributed by atoms with E-state index in [1.54, 1.807) is 0 Å². The minimum atomic E-state index is -0.296. The molecule has 0 aromatic heterocycles. The van der Waals surface area contributed by atoms with Gasteiger partial charge in [0.1, 0.15) is 0 Å². The highest BCUT2D eigenvalue weighted by Gasteiger charge is 2.02. The van der Waals surface area contributed by atoms with Crippen molar-refractivity contribution in [3.63, 3.8) is 0 Å². The van der Waals surface area contributed by atoms with Gasteiger partial charge in [-0.05, 0) is 42.5 Å². The summed E-state index contributed by atoms with van der Waals surface area (Å²) in [7, 11) is 0. The lowest BCUT2D eigenvalue weighted by atomic mass is 10.0. The number of amides is 2. The van der Waals surface area contributed by atoms with E-state index in [2.05, 4.69) is 41.0 Å². The smallest absolute Gasteiger partial charge is 0.319 e. The van der Waals surface area contributed by atoms with Crippen LogP contribution in [0.5, 0.6) is 0 Å². The van der Waals surface area contributed by atoms with Gasteiger partial charge >= 0.3 is 6.03 Å². The van der Waals surface area contributed by atoms with Crippen LogP contribution in [0.1, 0.15) is 17.5 Å². The fourth-order valence-corrected chi connectivity index (χ4v) is 2.29. The maximum atomic E-state index is 11.5. The number of aryl methyl sites for hydroxylation is 2. The number of carbonyl (C=O) groups is 1. The number of anilines is 1. The van der Waals surface area contributed by atoms with Crippen LogP contribution >= 0.6 is 0 Å². The Morgan fingerprint density at radius 3 is 2.45 bits per heavy atom. The average Bonchev–Trinajstić information content (AvgIpc) is 2.54. The van der Waals surface area contributed by atoms with Gasteiger partial charge in [0.05, 0.1) is 6.61 Å². The maximum absolute atomic E-state index is 11.5. The number of aliphatic hydroxyl groups excluding tert-OH is 1. The normalized spacial score (nSPS) is 10.2. The average molecular weight is 298 g/mol. The number of urea groups is 1. The molecule has 0 spiro atoms. The molecule has 2 amide bonds. The first-order valence-corrected chi connectivity index (χ1v) is 7.56. The molecular weight excluding hydrogens is 276 g/mol. The first-order chi connectivity index (χ1) is 10.8. The van der Waals surface area contributed by atoms with Crippen molar-refractivity contribution in [1.29, 1.82) is 0 Å².